The van der Waals surface area contributed by atoms with Crippen molar-refractivity contribution in [2.24, 2.45) is 11.8 Å². The van der Waals surface area contributed by atoms with Crippen LogP contribution in [0.3, 0.4) is 0 Å². The highest BCUT2D eigenvalue weighted by molar-refractivity contribution is 7.88. The number of benzene rings is 2. The van der Waals surface area contributed by atoms with Crippen LogP contribution in [0.2, 0.25) is 0 Å². The van der Waals surface area contributed by atoms with Crippen LogP contribution in [0.1, 0.15) is 31.2 Å². The van der Waals surface area contributed by atoms with Crippen LogP contribution in [0.25, 0.3) is 11.1 Å². The first-order chi connectivity index (χ1) is 15.6. The topological polar surface area (TPSA) is 66.5 Å². The van der Waals surface area contributed by atoms with Crippen molar-refractivity contribution >= 4 is 15.9 Å². The molecule has 4 atom stereocenters. The molecule has 2 aromatic rings. The number of amides is 1. The minimum Gasteiger partial charge on any atom is -0.338 e. The lowest BCUT2D eigenvalue weighted by Gasteiger charge is -2.46. The summed E-state index contributed by atoms with van der Waals surface area (Å²) in [4.78, 5) is 14.8. The lowest BCUT2D eigenvalue weighted by atomic mass is 9.90. The van der Waals surface area contributed by atoms with Crippen molar-refractivity contribution in [2.75, 3.05) is 12.8 Å². The van der Waals surface area contributed by atoms with Gasteiger partial charge < -0.3 is 4.90 Å². The third-order valence-corrected chi connectivity index (χ3v) is 7.74. The Labute approximate surface area is 191 Å². The summed E-state index contributed by atoms with van der Waals surface area (Å²) in [5.41, 5.74) is -2.14. The molecular weight excluding hydrogens is 453 g/mol. The van der Waals surface area contributed by atoms with Crippen LogP contribution in [0.4, 0.5) is 13.2 Å². The number of nitrogens with one attached hydrogen (secondary N) is 1. The Balaban J connectivity index is 1.40. The molecule has 1 amide bonds. The zero-order valence-corrected chi connectivity index (χ0v) is 18.9. The van der Waals surface area contributed by atoms with Crippen molar-refractivity contribution in [3.8, 4) is 11.1 Å². The van der Waals surface area contributed by atoms with E-state index in [1.807, 2.05) is 0 Å². The van der Waals surface area contributed by atoms with Gasteiger partial charge in [0.25, 0.3) is 0 Å². The van der Waals surface area contributed by atoms with Gasteiger partial charge in [0.1, 0.15) is 17.3 Å². The quantitative estimate of drug-likeness (QED) is 0.659. The van der Waals surface area contributed by atoms with E-state index in [2.05, 4.69) is 4.72 Å². The Bertz CT molecular complexity index is 1200. The van der Waals surface area contributed by atoms with E-state index in [9.17, 15) is 22.0 Å². The van der Waals surface area contributed by atoms with Crippen molar-refractivity contribution in [1.82, 2.24) is 9.62 Å². The highest BCUT2D eigenvalue weighted by Gasteiger charge is 2.64. The minimum atomic E-state index is -3.45. The van der Waals surface area contributed by atoms with E-state index in [-0.39, 0.29) is 47.0 Å². The summed E-state index contributed by atoms with van der Waals surface area (Å²) in [5.74, 6) is -2.75. The summed E-state index contributed by atoms with van der Waals surface area (Å²) in [6.45, 7) is 0.439. The normalized spacial score (nSPS) is 27.7. The largest absolute Gasteiger partial charge is 0.338 e. The zero-order chi connectivity index (χ0) is 23.5. The number of sulfonamides is 1. The van der Waals surface area contributed by atoms with E-state index < -0.39 is 33.2 Å². The SMILES string of the molecule is CS(=O)(=O)NC(C1CC1)[C@@H]1CCN1C(=O)[C@@H]1C[C@@]1(F)c1ccccc1-c1c(F)cccc1F. The molecule has 5 rings (SSSR count). The Morgan fingerprint density at radius 1 is 1.09 bits per heavy atom. The first kappa shape index (κ1) is 22.4. The van der Waals surface area contributed by atoms with Crippen LogP contribution in [-0.4, -0.2) is 44.1 Å². The van der Waals surface area contributed by atoms with Gasteiger partial charge in [-0.25, -0.2) is 26.3 Å². The molecule has 33 heavy (non-hydrogen) atoms. The molecular formula is C24H25F3N2O3S. The Morgan fingerprint density at radius 2 is 1.76 bits per heavy atom. The molecule has 1 N–H and O–H groups in total. The number of halogens is 3. The molecule has 9 heteroatoms. The monoisotopic (exact) mass is 478 g/mol. The number of likely N-dealkylation sites (tertiary alicyclic amines) is 1. The number of hydrogen-bond donors (Lipinski definition) is 1. The Morgan fingerprint density at radius 3 is 2.33 bits per heavy atom. The van der Waals surface area contributed by atoms with Crippen LogP contribution in [0.5, 0.6) is 0 Å². The second kappa shape index (κ2) is 7.84. The molecule has 1 heterocycles. The van der Waals surface area contributed by atoms with Gasteiger partial charge in [-0.2, -0.15) is 0 Å². The number of nitrogens with zero attached hydrogens (tertiary/aromatic N) is 1. The fraction of sp³-hybridized carbons (Fsp3) is 0.458. The lowest BCUT2D eigenvalue weighted by molar-refractivity contribution is -0.142. The third-order valence-electron chi connectivity index (χ3n) is 7.04. The molecule has 1 aliphatic heterocycles. The number of alkyl halides is 1. The maximum atomic E-state index is 16.0. The molecule has 0 aromatic heterocycles. The summed E-state index contributed by atoms with van der Waals surface area (Å²) < 4.78 is 71.2. The van der Waals surface area contributed by atoms with Crippen LogP contribution in [0, 0.1) is 23.5 Å². The van der Waals surface area contributed by atoms with E-state index in [1.165, 1.54) is 18.2 Å². The Hall–Kier alpha value is -2.39. The van der Waals surface area contributed by atoms with Gasteiger partial charge in [-0.15, -0.1) is 0 Å². The summed E-state index contributed by atoms with van der Waals surface area (Å²) in [5, 5.41) is 0. The van der Waals surface area contributed by atoms with Gasteiger partial charge in [-0.3, -0.25) is 4.79 Å². The summed E-state index contributed by atoms with van der Waals surface area (Å²) in [7, 11) is -3.45. The molecule has 0 spiro atoms. The second-order valence-electron chi connectivity index (χ2n) is 9.40. The van der Waals surface area contributed by atoms with Gasteiger partial charge in [0, 0.05) is 25.0 Å². The van der Waals surface area contributed by atoms with E-state index in [1.54, 1.807) is 17.0 Å². The van der Waals surface area contributed by atoms with Crippen LogP contribution in [-0.2, 0) is 20.5 Å². The molecule has 5 nitrogen and oxygen atoms in total. The van der Waals surface area contributed by atoms with E-state index >= 15 is 4.39 Å². The molecule has 176 valence electrons. The summed E-state index contributed by atoms with van der Waals surface area (Å²) in [6.07, 6.45) is 3.46. The van der Waals surface area contributed by atoms with Crippen molar-refractivity contribution in [2.45, 2.75) is 43.4 Å². The summed E-state index contributed by atoms with van der Waals surface area (Å²) >= 11 is 0. The van der Waals surface area contributed by atoms with Crippen LogP contribution >= 0.6 is 0 Å². The Kier molecular flexibility index (Phi) is 5.32. The van der Waals surface area contributed by atoms with Gasteiger partial charge in [-0.1, -0.05) is 30.3 Å². The van der Waals surface area contributed by atoms with E-state index in [0.29, 0.717) is 13.0 Å². The van der Waals surface area contributed by atoms with Gasteiger partial charge >= 0.3 is 0 Å². The van der Waals surface area contributed by atoms with Gasteiger partial charge in [0.15, 0.2) is 0 Å². The summed E-state index contributed by atoms with van der Waals surface area (Å²) in [6, 6.07) is 8.91. The smallest absolute Gasteiger partial charge is 0.229 e. The number of hydrogen-bond acceptors (Lipinski definition) is 3. The highest BCUT2D eigenvalue weighted by Crippen LogP contribution is 2.59. The van der Waals surface area contributed by atoms with Gasteiger partial charge in [0.2, 0.25) is 15.9 Å². The van der Waals surface area contributed by atoms with Crippen molar-refractivity contribution in [3.05, 3.63) is 59.7 Å². The highest BCUT2D eigenvalue weighted by atomic mass is 32.2. The maximum absolute atomic E-state index is 16.0. The van der Waals surface area contributed by atoms with Crippen LogP contribution < -0.4 is 4.72 Å². The average Bonchev–Trinajstić information content (AvgIpc) is 3.62. The zero-order valence-electron chi connectivity index (χ0n) is 18.1. The lowest BCUT2D eigenvalue weighted by Crippen LogP contribution is -2.62. The second-order valence-corrected chi connectivity index (χ2v) is 11.2. The molecule has 2 aliphatic carbocycles. The third kappa shape index (κ3) is 4.05. The molecule has 0 radical (unpaired) electrons. The predicted molar refractivity (Wildman–Crippen MR) is 117 cm³/mol. The number of carbonyl (C=O) groups is 1. The fourth-order valence-corrected chi connectivity index (χ4v) is 5.93. The minimum absolute atomic E-state index is 0.0737. The van der Waals surface area contributed by atoms with Crippen LogP contribution in [0.15, 0.2) is 42.5 Å². The maximum Gasteiger partial charge on any atom is 0.229 e. The van der Waals surface area contributed by atoms with Crippen molar-refractivity contribution in [1.29, 1.82) is 0 Å². The number of carbonyl (C=O) groups excluding carboxylic acids is 1. The average molecular weight is 479 g/mol. The fourth-order valence-electron chi connectivity index (χ4n) is 5.08. The standard InChI is InChI=1S/C24H25F3N2O3S/c1-33(31,32)28-22(14-9-10-14)20-11-12-29(20)23(30)17-13-24(17,27)16-6-3-2-5-15(16)21-18(25)7-4-8-19(21)26/h2-8,14,17,20,22,28H,9-13H2,1H3/t17-,20-,22?,24+/m0/s1. The first-order valence-corrected chi connectivity index (χ1v) is 13.0. The molecule has 1 saturated heterocycles. The molecule has 0 bridgehead atoms. The van der Waals surface area contributed by atoms with E-state index in [4.69, 9.17) is 0 Å². The predicted octanol–water partition coefficient (Wildman–Crippen LogP) is 3.75. The molecule has 1 unspecified atom stereocenters. The van der Waals surface area contributed by atoms with Crippen molar-refractivity contribution < 1.29 is 26.4 Å². The number of rotatable bonds is 7. The van der Waals surface area contributed by atoms with E-state index in [0.717, 1.165) is 31.2 Å². The molecule has 2 saturated carbocycles. The van der Waals surface area contributed by atoms with Gasteiger partial charge in [-0.05, 0) is 48.4 Å². The van der Waals surface area contributed by atoms with Crippen molar-refractivity contribution in [3.63, 3.8) is 0 Å². The van der Waals surface area contributed by atoms with Gasteiger partial charge in [0.05, 0.1) is 17.7 Å². The molecule has 2 aromatic carbocycles. The molecule has 3 fully saturated rings. The molecule has 3 aliphatic rings. The first-order valence-electron chi connectivity index (χ1n) is 11.1.